The number of carbonyl (C=O) groups excluding carboxylic acids is 1. The smallest absolute Gasteiger partial charge is 0.336 e. The number of non-ortho nitro benzene ring substituents is 1. The molecular weight excluding hydrogens is 370 g/mol. The van der Waals surface area contributed by atoms with Gasteiger partial charge in [0.05, 0.1) is 39.4 Å². The lowest BCUT2D eigenvalue weighted by molar-refractivity contribution is -0.384. The maximum Gasteiger partial charge on any atom is 0.336 e. The molecule has 0 amide bonds. The molecule has 0 saturated carbocycles. The molecule has 0 aromatic heterocycles. The van der Waals surface area contributed by atoms with Crippen molar-refractivity contribution in [1.82, 2.24) is 0 Å². The fraction of sp³-hybridized carbons (Fsp3) is 0.211. The van der Waals surface area contributed by atoms with E-state index in [9.17, 15) is 14.9 Å². The van der Waals surface area contributed by atoms with E-state index in [-0.39, 0.29) is 17.2 Å². The van der Waals surface area contributed by atoms with Gasteiger partial charge in [-0.2, -0.15) is 0 Å². The molecule has 2 rings (SSSR count). The molecule has 0 N–H and O–H groups in total. The van der Waals surface area contributed by atoms with Gasteiger partial charge in [0.1, 0.15) is 0 Å². The third kappa shape index (κ3) is 4.70. The van der Waals surface area contributed by atoms with Crippen LogP contribution in [-0.4, -0.2) is 39.3 Å². The molecule has 0 unspecified atom stereocenters. The van der Waals surface area contributed by atoms with Crippen LogP contribution < -0.4 is 23.7 Å². The molecule has 0 aliphatic heterocycles. The van der Waals surface area contributed by atoms with Gasteiger partial charge < -0.3 is 23.7 Å². The number of nitro groups is 1. The largest absolute Gasteiger partial charge is 0.493 e. The second-order valence-electron chi connectivity index (χ2n) is 5.31. The Bertz CT molecular complexity index is 882. The van der Waals surface area contributed by atoms with Crippen LogP contribution in [0.1, 0.15) is 5.56 Å². The van der Waals surface area contributed by atoms with E-state index < -0.39 is 10.9 Å². The highest BCUT2D eigenvalue weighted by Gasteiger charge is 2.15. The van der Waals surface area contributed by atoms with Crippen LogP contribution >= 0.6 is 0 Å². The SMILES string of the molecule is COc1ccc([N+](=O)[O-])cc1OC(=O)/C=C/c1cc(OC)c(OC)c(OC)c1. The Kier molecular flexibility index (Phi) is 6.80. The minimum Gasteiger partial charge on any atom is -0.493 e. The summed E-state index contributed by atoms with van der Waals surface area (Å²) in [5, 5.41) is 10.9. The number of rotatable bonds is 8. The molecule has 9 nitrogen and oxygen atoms in total. The Morgan fingerprint density at radius 3 is 2.00 bits per heavy atom. The van der Waals surface area contributed by atoms with Gasteiger partial charge in [0.25, 0.3) is 5.69 Å². The summed E-state index contributed by atoms with van der Waals surface area (Å²) in [6.45, 7) is 0. The molecule has 148 valence electrons. The average molecular weight is 389 g/mol. The summed E-state index contributed by atoms with van der Waals surface area (Å²) in [6, 6.07) is 7.02. The van der Waals surface area contributed by atoms with Crippen LogP contribution in [0.5, 0.6) is 28.7 Å². The number of carbonyl (C=O) groups is 1. The molecular formula is C19H19NO8. The molecule has 2 aromatic carbocycles. The van der Waals surface area contributed by atoms with Crippen molar-refractivity contribution < 1.29 is 33.4 Å². The predicted octanol–water partition coefficient (Wildman–Crippen LogP) is 3.25. The summed E-state index contributed by atoms with van der Waals surface area (Å²) < 4.78 is 26.0. The quantitative estimate of drug-likeness (QED) is 0.223. The standard InChI is InChI=1S/C19H19NO8/c1-24-14-7-6-13(20(22)23)11-15(14)28-18(21)8-5-12-9-16(25-2)19(27-4)17(10-12)26-3/h5-11H,1-4H3/b8-5+. The van der Waals surface area contributed by atoms with E-state index in [0.29, 0.717) is 22.8 Å². The predicted molar refractivity (Wildman–Crippen MR) is 100 cm³/mol. The lowest BCUT2D eigenvalue weighted by Crippen LogP contribution is -2.05. The first-order valence-electron chi connectivity index (χ1n) is 7.95. The van der Waals surface area contributed by atoms with E-state index in [2.05, 4.69) is 0 Å². The molecule has 0 fully saturated rings. The second kappa shape index (κ2) is 9.26. The highest BCUT2D eigenvalue weighted by Crippen LogP contribution is 2.38. The monoisotopic (exact) mass is 389 g/mol. The molecule has 0 heterocycles. The van der Waals surface area contributed by atoms with Gasteiger partial charge in [-0.25, -0.2) is 4.79 Å². The van der Waals surface area contributed by atoms with Crippen LogP contribution in [0.4, 0.5) is 5.69 Å². The normalized spacial score (nSPS) is 10.4. The number of nitro benzene ring substituents is 1. The van der Waals surface area contributed by atoms with Crippen LogP contribution in [0.15, 0.2) is 36.4 Å². The van der Waals surface area contributed by atoms with Gasteiger partial charge in [-0.15, -0.1) is 0 Å². The molecule has 0 spiro atoms. The van der Waals surface area contributed by atoms with Gasteiger partial charge in [0, 0.05) is 12.1 Å². The molecule has 2 aromatic rings. The highest BCUT2D eigenvalue weighted by molar-refractivity contribution is 5.89. The number of nitrogens with zero attached hydrogens (tertiary/aromatic N) is 1. The second-order valence-corrected chi connectivity index (χ2v) is 5.31. The highest BCUT2D eigenvalue weighted by atomic mass is 16.6. The first kappa shape index (κ1) is 20.6. The molecule has 0 aliphatic rings. The van der Waals surface area contributed by atoms with Gasteiger partial charge >= 0.3 is 5.97 Å². The van der Waals surface area contributed by atoms with E-state index >= 15 is 0 Å². The summed E-state index contributed by atoms with van der Waals surface area (Å²) in [5.74, 6) is 0.667. The van der Waals surface area contributed by atoms with Crippen molar-refractivity contribution in [3.63, 3.8) is 0 Å². The molecule has 0 atom stereocenters. The Balaban J connectivity index is 2.25. The molecule has 9 heteroatoms. The third-order valence-electron chi connectivity index (χ3n) is 3.67. The van der Waals surface area contributed by atoms with Crippen molar-refractivity contribution >= 4 is 17.7 Å². The molecule has 0 aliphatic carbocycles. The molecule has 0 radical (unpaired) electrons. The number of hydrogen-bond acceptors (Lipinski definition) is 8. The first-order chi connectivity index (χ1) is 13.4. The van der Waals surface area contributed by atoms with Crippen molar-refractivity contribution in [2.45, 2.75) is 0 Å². The summed E-state index contributed by atoms with van der Waals surface area (Å²) in [5.41, 5.74) is 0.370. The van der Waals surface area contributed by atoms with Crippen molar-refractivity contribution in [3.8, 4) is 28.7 Å². The summed E-state index contributed by atoms with van der Waals surface area (Å²) in [4.78, 5) is 22.4. The third-order valence-corrected chi connectivity index (χ3v) is 3.67. The van der Waals surface area contributed by atoms with Gasteiger partial charge in [0.2, 0.25) is 5.75 Å². The van der Waals surface area contributed by atoms with E-state index in [0.717, 1.165) is 6.07 Å². The van der Waals surface area contributed by atoms with E-state index in [1.807, 2.05) is 0 Å². The van der Waals surface area contributed by atoms with E-state index in [1.54, 1.807) is 12.1 Å². The first-order valence-corrected chi connectivity index (χ1v) is 7.95. The van der Waals surface area contributed by atoms with Gasteiger partial charge in [-0.05, 0) is 29.8 Å². The lowest BCUT2D eigenvalue weighted by Gasteiger charge is -2.12. The minimum absolute atomic E-state index is 0.0590. The van der Waals surface area contributed by atoms with Crippen LogP contribution in [0, 0.1) is 10.1 Å². The number of esters is 1. The van der Waals surface area contributed by atoms with E-state index in [4.69, 9.17) is 23.7 Å². The van der Waals surface area contributed by atoms with Crippen molar-refractivity contribution in [2.75, 3.05) is 28.4 Å². The zero-order chi connectivity index (χ0) is 20.7. The zero-order valence-electron chi connectivity index (χ0n) is 15.8. The van der Waals surface area contributed by atoms with Gasteiger partial charge in [-0.1, -0.05) is 0 Å². The minimum atomic E-state index is -0.743. The Hall–Kier alpha value is -3.75. The zero-order valence-corrected chi connectivity index (χ0v) is 15.8. The maximum absolute atomic E-state index is 12.1. The average Bonchev–Trinajstić information content (AvgIpc) is 2.71. The fourth-order valence-corrected chi connectivity index (χ4v) is 2.36. The number of ether oxygens (including phenoxy) is 5. The summed E-state index contributed by atoms with van der Waals surface area (Å²) in [7, 11) is 5.81. The van der Waals surface area contributed by atoms with Crippen molar-refractivity contribution in [2.24, 2.45) is 0 Å². The Morgan fingerprint density at radius 2 is 1.50 bits per heavy atom. The molecule has 0 saturated heterocycles. The van der Waals surface area contributed by atoms with Crippen molar-refractivity contribution in [1.29, 1.82) is 0 Å². The molecule has 0 bridgehead atoms. The number of benzene rings is 2. The Labute approximate surface area is 161 Å². The van der Waals surface area contributed by atoms with Gasteiger partial charge in [-0.3, -0.25) is 10.1 Å². The molecule has 28 heavy (non-hydrogen) atoms. The number of methoxy groups -OCH3 is 4. The Morgan fingerprint density at radius 1 is 0.893 bits per heavy atom. The van der Waals surface area contributed by atoms with Gasteiger partial charge in [0.15, 0.2) is 23.0 Å². The summed E-state index contributed by atoms with van der Waals surface area (Å²) >= 11 is 0. The summed E-state index contributed by atoms with van der Waals surface area (Å²) in [6.07, 6.45) is 2.65. The topological polar surface area (TPSA) is 106 Å². The van der Waals surface area contributed by atoms with Crippen LogP contribution in [0.3, 0.4) is 0 Å². The maximum atomic E-state index is 12.1. The van der Waals surface area contributed by atoms with Crippen LogP contribution in [-0.2, 0) is 4.79 Å². The lowest BCUT2D eigenvalue weighted by atomic mass is 10.1. The van der Waals surface area contributed by atoms with Crippen molar-refractivity contribution in [3.05, 3.63) is 52.1 Å². The van der Waals surface area contributed by atoms with Crippen LogP contribution in [0.2, 0.25) is 0 Å². The van der Waals surface area contributed by atoms with E-state index in [1.165, 1.54) is 52.7 Å². The van der Waals surface area contributed by atoms with Crippen LogP contribution in [0.25, 0.3) is 6.08 Å². The number of hydrogen-bond donors (Lipinski definition) is 0. The fourth-order valence-electron chi connectivity index (χ4n) is 2.36.